The fourth-order valence-corrected chi connectivity index (χ4v) is 3.29. The standard InChI is InChI=1S/C20H20FNO3/c1-13-11-14(8-9-18(13)25-2)19(23)17-7-4-10-22(17)20(24)15-5-3-6-16(21)12-15/h3,5-6,8-9,11-12,17H,4,7,10H2,1-2H3. The number of rotatable bonds is 4. The molecule has 25 heavy (non-hydrogen) atoms. The van der Waals surface area contributed by atoms with Crippen LogP contribution >= 0.6 is 0 Å². The molecule has 1 unspecified atom stereocenters. The summed E-state index contributed by atoms with van der Waals surface area (Å²) in [6.07, 6.45) is 1.37. The number of nitrogens with zero attached hydrogens (tertiary/aromatic N) is 1. The molecular formula is C20H20FNO3. The Labute approximate surface area is 146 Å². The highest BCUT2D eigenvalue weighted by Crippen LogP contribution is 2.26. The minimum absolute atomic E-state index is 0.0898. The maximum atomic E-state index is 13.4. The molecule has 3 rings (SSSR count). The molecule has 0 aromatic heterocycles. The molecule has 4 nitrogen and oxygen atoms in total. The average Bonchev–Trinajstić information content (AvgIpc) is 3.10. The third-order valence-corrected chi connectivity index (χ3v) is 4.57. The summed E-state index contributed by atoms with van der Waals surface area (Å²) < 4.78 is 18.6. The van der Waals surface area contributed by atoms with Crippen molar-refractivity contribution >= 4 is 11.7 Å². The third-order valence-electron chi connectivity index (χ3n) is 4.57. The second-order valence-electron chi connectivity index (χ2n) is 6.22. The lowest BCUT2D eigenvalue weighted by atomic mass is 9.99. The Morgan fingerprint density at radius 1 is 1.16 bits per heavy atom. The van der Waals surface area contributed by atoms with Crippen LogP contribution in [0.4, 0.5) is 4.39 Å². The van der Waals surface area contributed by atoms with Gasteiger partial charge in [0.05, 0.1) is 13.2 Å². The number of hydrogen-bond acceptors (Lipinski definition) is 3. The van der Waals surface area contributed by atoms with E-state index in [1.807, 2.05) is 6.92 Å². The van der Waals surface area contributed by atoms with E-state index in [0.717, 1.165) is 17.7 Å². The van der Waals surface area contributed by atoms with Crippen LogP contribution in [0.2, 0.25) is 0 Å². The smallest absolute Gasteiger partial charge is 0.254 e. The van der Waals surface area contributed by atoms with Crippen molar-refractivity contribution in [2.75, 3.05) is 13.7 Å². The number of hydrogen-bond donors (Lipinski definition) is 0. The highest BCUT2D eigenvalue weighted by molar-refractivity contribution is 6.04. The molecule has 5 heteroatoms. The fraction of sp³-hybridized carbons (Fsp3) is 0.300. The number of likely N-dealkylation sites (tertiary alicyclic amines) is 1. The highest BCUT2D eigenvalue weighted by Gasteiger charge is 2.35. The van der Waals surface area contributed by atoms with Gasteiger partial charge in [0.25, 0.3) is 5.91 Å². The van der Waals surface area contributed by atoms with Gasteiger partial charge in [0.1, 0.15) is 11.6 Å². The SMILES string of the molecule is COc1ccc(C(=O)C2CCCN2C(=O)c2cccc(F)c2)cc1C. The zero-order valence-electron chi connectivity index (χ0n) is 14.3. The Kier molecular flexibility index (Phi) is 4.83. The van der Waals surface area contributed by atoms with Crippen LogP contribution in [0.1, 0.15) is 39.1 Å². The van der Waals surface area contributed by atoms with Crippen molar-refractivity contribution in [1.82, 2.24) is 4.90 Å². The van der Waals surface area contributed by atoms with E-state index in [4.69, 9.17) is 4.74 Å². The molecule has 0 aliphatic carbocycles. The third kappa shape index (κ3) is 3.40. The molecule has 130 valence electrons. The van der Waals surface area contributed by atoms with Gasteiger partial charge in [-0.3, -0.25) is 9.59 Å². The van der Waals surface area contributed by atoms with Crippen molar-refractivity contribution in [2.24, 2.45) is 0 Å². The van der Waals surface area contributed by atoms with Gasteiger partial charge >= 0.3 is 0 Å². The van der Waals surface area contributed by atoms with Gasteiger partial charge in [-0.15, -0.1) is 0 Å². The Morgan fingerprint density at radius 2 is 1.96 bits per heavy atom. The van der Waals surface area contributed by atoms with Crippen LogP contribution in [0, 0.1) is 12.7 Å². The van der Waals surface area contributed by atoms with Crippen LogP contribution in [0.25, 0.3) is 0 Å². The molecular weight excluding hydrogens is 321 g/mol. The minimum Gasteiger partial charge on any atom is -0.496 e. The van der Waals surface area contributed by atoms with Gasteiger partial charge in [-0.1, -0.05) is 6.07 Å². The van der Waals surface area contributed by atoms with E-state index in [9.17, 15) is 14.0 Å². The number of halogens is 1. The fourth-order valence-electron chi connectivity index (χ4n) is 3.29. The molecule has 1 fully saturated rings. The van der Waals surface area contributed by atoms with E-state index in [0.29, 0.717) is 18.5 Å². The summed E-state index contributed by atoms with van der Waals surface area (Å²) in [5.74, 6) is -0.136. The van der Waals surface area contributed by atoms with E-state index in [1.54, 1.807) is 36.3 Å². The van der Waals surface area contributed by atoms with Crippen LogP contribution < -0.4 is 4.74 Å². The van der Waals surface area contributed by atoms with E-state index in [1.165, 1.54) is 18.2 Å². The molecule has 0 radical (unpaired) electrons. The molecule has 2 aromatic carbocycles. The number of Topliss-reactive ketones (excluding diaryl/α,β-unsaturated/α-hetero) is 1. The zero-order chi connectivity index (χ0) is 18.0. The molecule has 0 spiro atoms. The van der Waals surface area contributed by atoms with E-state index >= 15 is 0 Å². The zero-order valence-corrected chi connectivity index (χ0v) is 14.3. The highest BCUT2D eigenvalue weighted by atomic mass is 19.1. The van der Waals surface area contributed by atoms with Crippen molar-refractivity contribution in [2.45, 2.75) is 25.8 Å². The molecule has 1 aliphatic rings. The van der Waals surface area contributed by atoms with Gasteiger partial charge in [-0.25, -0.2) is 4.39 Å². The normalized spacial score (nSPS) is 16.8. The quantitative estimate of drug-likeness (QED) is 0.798. The van der Waals surface area contributed by atoms with Crippen molar-refractivity contribution in [1.29, 1.82) is 0 Å². The number of ether oxygens (including phenoxy) is 1. The van der Waals surface area contributed by atoms with Crippen molar-refractivity contribution in [3.05, 3.63) is 65.0 Å². The van der Waals surface area contributed by atoms with Crippen molar-refractivity contribution in [3.8, 4) is 5.75 Å². The van der Waals surface area contributed by atoms with Crippen LogP contribution in [0.3, 0.4) is 0 Å². The van der Waals surface area contributed by atoms with Gasteiger partial charge in [-0.05, 0) is 61.7 Å². The first-order chi connectivity index (χ1) is 12.0. The molecule has 1 heterocycles. The minimum atomic E-state index is -0.511. The number of amides is 1. The van der Waals surface area contributed by atoms with E-state index in [2.05, 4.69) is 0 Å². The number of ketones is 1. The first-order valence-corrected chi connectivity index (χ1v) is 8.26. The lowest BCUT2D eigenvalue weighted by Crippen LogP contribution is -2.40. The predicted octanol–water partition coefficient (Wildman–Crippen LogP) is 3.63. The van der Waals surface area contributed by atoms with Crippen molar-refractivity contribution < 1.29 is 18.7 Å². The number of carbonyl (C=O) groups excluding carboxylic acids is 2. The summed E-state index contributed by atoms with van der Waals surface area (Å²) in [4.78, 5) is 27.2. The molecule has 1 amide bonds. The first-order valence-electron chi connectivity index (χ1n) is 8.26. The van der Waals surface area contributed by atoms with Gasteiger partial charge in [0.15, 0.2) is 5.78 Å². The van der Waals surface area contributed by atoms with E-state index < -0.39 is 11.9 Å². The van der Waals surface area contributed by atoms with E-state index in [-0.39, 0.29) is 17.3 Å². The second-order valence-corrected chi connectivity index (χ2v) is 6.22. The lowest BCUT2D eigenvalue weighted by molar-refractivity contribution is 0.0671. The number of methoxy groups -OCH3 is 1. The van der Waals surface area contributed by atoms with Gasteiger partial charge in [-0.2, -0.15) is 0 Å². The van der Waals surface area contributed by atoms with Gasteiger partial charge < -0.3 is 9.64 Å². The Bertz CT molecular complexity index is 818. The predicted molar refractivity (Wildman–Crippen MR) is 92.5 cm³/mol. The maximum Gasteiger partial charge on any atom is 0.254 e. The average molecular weight is 341 g/mol. The summed E-state index contributed by atoms with van der Waals surface area (Å²) in [5, 5.41) is 0. The summed E-state index contributed by atoms with van der Waals surface area (Å²) in [5.41, 5.74) is 1.70. The number of aryl methyl sites for hydroxylation is 1. The van der Waals surface area contributed by atoms with Crippen molar-refractivity contribution in [3.63, 3.8) is 0 Å². The number of benzene rings is 2. The summed E-state index contributed by atoms with van der Waals surface area (Å²) in [7, 11) is 1.58. The molecule has 0 saturated carbocycles. The molecule has 0 bridgehead atoms. The molecule has 2 aromatic rings. The van der Waals surface area contributed by atoms with Crippen LogP contribution in [0.5, 0.6) is 5.75 Å². The summed E-state index contributed by atoms with van der Waals surface area (Å²) in [6.45, 7) is 2.38. The van der Waals surface area contributed by atoms with Gasteiger partial charge in [0, 0.05) is 17.7 Å². The van der Waals surface area contributed by atoms with Crippen LogP contribution in [-0.2, 0) is 0 Å². The first kappa shape index (κ1) is 17.1. The Morgan fingerprint density at radius 3 is 2.64 bits per heavy atom. The Hall–Kier alpha value is -2.69. The maximum absolute atomic E-state index is 13.4. The lowest BCUT2D eigenvalue weighted by Gasteiger charge is -2.24. The van der Waals surface area contributed by atoms with Gasteiger partial charge in [0.2, 0.25) is 0 Å². The van der Waals surface area contributed by atoms with Crippen LogP contribution in [0.15, 0.2) is 42.5 Å². The topological polar surface area (TPSA) is 46.6 Å². The van der Waals surface area contributed by atoms with Crippen LogP contribution in [-0.4, -0.2) is 36.3 Å². The second kappa shape index (κ2) is 7.05. The Balaban J connectivity index is 1.84. The summed E-state index contributed by atoms with van der Waals surface area (Å²) >= 11 is 0. The molecule has 1 saturated heterocycles. The largest absolute Gasteiger partial charge is 0.496 e. The molecule has 1 aliphatic heterocycles. The summed E-state index contributed by atoms with van der Waals surface area (Å²) in [6, 6.07) is 10.3. The molecule has 0 N–H and O–H groups in total. The molecule has 1 atom stereocenters. The number of carbonyl (C=O) groups is 2. The monoisotopic (exact) mass is 341 g/mol.